The van der Waals surface area contributed by atoms with Crippen LogP contribution in [0.1, 0.15) is 22.9 Å². The Balaban J connectivity index is 1.55. The lowest BCUT2D eigenvalue weighted by molar-refractivity contribution is 0.278. The van der Waals surface area contributed by atoms with Crippen molar-refractivity contribution in [3.8, 4) is 5.75 Å². The Morgan fingerprint density at radius 3 is 2.53 bits per heavy atom. The summed E-state index contributed by atoms with van der Waals surface area (Å²) in [6.45, 7) is 0.728. The van der Waals surface area contributed by atoms with Gasteiger partial charge in [0.1, 0.15) is 5.75 Å². The van der Waals surface area contributed by atoms with Crippen molar-refractivity contribution in [2.75, 3.05) is 6.61 Å². The molecule has 1 aliphatic rings. The molecule has 0 spiro atoms. The van der Waals surface area contributed by atoms with Gasteiger partial charge in [0.05, 0.1) is 12.0 Å². The number of para-hydroxylation sites is 1. The van der Waals surface area contributed by atoms with Crippen LogP contribution in [-0.4, -0.2) is 6.61 Å². The average molecular weight is 273 g/mol. The maximum Gasteiger partial charge on any atom is 0.119 e. The lowest BCUT2D eigenvalue weighted by Gasteiger charge is -2.14. The van der Waals surface area contributed by atoms with Gasteiger partial charge in [-0.2, -0.15) is 0 Å². The third kappa shape index (κ3) is 2.76. The summed E-state index contributed by atoms with van der Waals surface area (Å²) in [4.78, 5) is 0. The normalized spacial score (nSPS) is 21.1. The SMILES string of the molecule is ClC1c2ccccc2CC1CCOc1ccccc1. The van der Waals surface area contributed by atoms with E-state index in [4.69, 9.17) is 16.3 Å². The minimum Gasteiger partial charge on any atom is -0.494 e. The highest BCUT2D eigenvalue weighted by Gasteiger charge is 2.30. The molecule has 2 atom stereocenters. The van der Waals surface area contributed by atoms with Crippen molar-refractivity contribution in [2.45, 2.75) is 18.2 Å². The van der Waals surface area contributed by atoms with Crippen molar-refractivity contribution < 1.29 is 4.74 Å². The van der Waals surface area contributed by atoms with E-state index in [0.717, 1.165) is 25.2 Å². The highest BCUT2D eigenvalue weighted by molar-refractivity contribution is 6.21. The van der Waals surface area contributed by atoms with Crippen LogP contribution in [-0.2, 0) is 6.42 Å². The summed E-state index contributed by atoms with van der Waals surface area (Å²) in [5.41, 5.74) is 2.70. The first kappa shape index (κ1) is 12.6. The van der Waals surface area contributed by atoms with E-state index in [1.807, 2.05) is 30.3 Å². The number of ether oxygens (including phenoxy) is 1. The summed E-state index contributed by atoms with van der Waals surface area (Å²) in [7, 11) is 0. The molecule has 0 heterocycles. The molecule has 1 nitrogen and oxygen atoms in total. The third-order valence-corrected chi connectivity index (χ3v) is 4.34. The fourth-order valence-electron chi connectivity index (χ4n) is 2.72. The van der Waals surface area contributed by atoms with Gasteiger partial charge in [-0.1, -0.05) is 42.5 Å². The minimum atomic E-state index is 0.135. The molecule has 0 aromatic heterocycles. The van der Waals surface area contributed by atoms with Crippen molar-refractivity contribution in [2.24, 2.45) is 5.92 Å². The maximum absolute atomic E-state index is 6.53. The van der Waals surface area contributed by atoms with E-state index in [1.54, 1.807) is 0 Å². The van der Waals surface area contributed by atoms with Crippen molar-refractivity contribution in [1.82, 2.24) is 0 Å². The third-order valence-electron chi connectivity index (χ3n) is 3.75. The molecule has 2 aromatic rings. The van der Waals surface area contributed by atoms with Crippen LogP contribution < -0.4 is 4.74 Å². The number of hydrogen-bond donors (Lipinski definition) is 0. The molecule has 0 fully saturated rings. The monoisotopic (exact) mass is 272 g/mol. The molecule has 0 saturated carbocycles. The first-order chi connectivity index (χ1) is 9.34. The van der Waals surface area contributed by atoms with Gasteiger partial charge in [-0.05, 0) is 42.0 Å². The van der Waals surface area contributed by atoms with Crippen LogP contribution in [0.15, 0.2) is 54.6 Å². The summed E-state index contributed by atoms with van der Waals surface area (Å²) in [5, 5.41) is 0.135. The quantitative estimate of drug-likeness (QED) is 0.739. The number of hydrogen-bond acceptors (Lipinski definition) is 1. The first-order valence-electron chi connectivity index (χ1n) is 6.74. The van der Waals surface area contributed by atoms with Gasteiger partial charge < -0.3 is 4.74 Å². The molecule has 0 radical (unpaired) electrons. The Hall–Kier alpha value is -1.47. The van der Waals surface area contributed by atoms with Crippen LogP contribution in [0.4, 0.5) is 0 Å². The Morgan fingerprint density at radius 2 is 1.74 bits per heavy atom. The summed E-state index contributed by atoms with van der Waals surface area (Å²) >= 11 is 6.53. The number of alkyl halides is 1. The summed E-state index contributed by atoms with van der Waals surface area (Å²) in [6, 6.07) is 18.4. The Morgan fingerprint density at radius 1 is 1.00 bits per heavy atom. The van der Waals surface area contributed by atoms with E-state index < -0.39 is 0 Å². The van der Waals surface area contributed by atoms with Crippen LogP contribution in [0, 0.1) is 5.92 Å². The van der Waals surface area contributed by atoms with Crippen molar-refractivity contribution in [1.29, 1.82) is 0 Å². The second-order valence-corrected chi connectivity index (χ2v) is 5.49. The highest BCUT2D eigenvalue weighted by Crippen LogP contribution is 2.42. The molecule has 0 amide bonds. The molecular weight excluding hydrogens is 256 g/mol. The molecule has 1 aliphatic carbocycles. The van der Waals surface area contributed by atoms with E-state index >= 15 is 0 Å². The molecule has 2 aromatic carbocycles. The molecule has 2 unspecified atom stereocenters. The molecule has 0 aliphatic heterocycles. The van der Waals surface area contributed by atoms with E-state index in [2.05, 4.69) is 24.3 Å². The minimum absolute atomic E-state index is 0.135. The smallest absolute Gasteiger partial charge is 0.119 e. The van der Waals surface area contributed by atoms with Crippen LogP contribution >= 0.6 is 11.6 Å². The number of fused-ring (bicyclic) bond motifs is 1. The highest BCUT2D eigenvalue weighted by atomic mass is 35.5. The maximum atomic E-state index is 6.53. The average Bonchev–Trinajstić information content (AvgIpc) is 2.78. The zero-order valence-electron chi connectivity index (χ0n) is 10.8. The van der Waals surface area contributed by atoms with Crippen molar-refractivity contribution >= 4 is 11.6 Å². The fourth-order valence-corrected chi connectivity index (χ4v) is 3.15. The molecule has 0 bridgehead atoms. The van der Waals surface area contributed by atoms with Crippen molar-refractivity contribution in [3.05, 3.63) is 65.7 Å². The Kier molecular flexibility index (Phi) is 3.74. The predicted molar refractivity (Wildman–Crippen MR) is 78.8 cm³/mol. The van der Waals surface area contributed by atoms with Crippen LogP contribution in [0.5, 0.6) is 5.75 Å². The summed E-state index contributed by atoms with van der Waals surface area (Å²) in [5.74, 6) is 1.42. The fraction of sp³-hybridized carbons (Fsp3) is 0.294. The van der Waals surface area contributed by atoms with Gasteiger partial charge in [-0.15, -0.1) is 11.6 Å². The largest absolute Gasteiger partial charge is 0.494 e. The lowest BCUT2D eigenvalue weighted by atomic mass is 10.0. The second-order valence-electron chi connectivity index (χ2n) is 5.01. The van der Waals surface area contributed by atoms with Gasteiger partial charge in [0.2, 0.25) is 0 Å². The van der Waals surface area contributed by atoms with Crippen LogP contribution in [0.25, 0.3) is 0 Å². The predicted octanol–water partition coefficient (Wildman–Crippen LogP) is 4.61. The van der Waals surface area contributed by atoms with Gasteiger partial charge in [-0.3, -0.25) is 0 Å². The molecule has 0 N–H and O–H groups in total. The van der Waals surface area contributed by atoms with E-state index in [1.165, 1.54) is 11.1 Å². The molecule has 19 heavy (non-hydrogen) atoms. The van der Waals surface area contributed by atoms with E-state index in [-0.39, 0.29) is 5.38 Å². The van der Waals surface area contributed by atoms with E-state index in [9.17, 15) is 0 Å². The summed E-state index contributed by atoms with van der Waals surface area (Å²) in [6.07, 6.45) is 2.07. The molecular formula is C17H17ClO. The van der Waals surface area contributed by atoms with Gasteiger partial charge in [-0.25, -0.2) is 0 Å². The molecule has 0 saturated heterocycles. The second kappa shape index (κ2) is 5.66. The Labute approximate surface area is 119 Å². The van der Waals surface area contributed by atoms with Gasteiger partial charge in [0, 0.05) is 0 Å². The molecule has 98 valence electrons. The molecule has 3 rings (SSSR count). The first-order valence-corrected chi connectivity index (χ1v) is 7.18. The number of halogens is 1. The van der Waals surface area contributed by atoms with E-state index in [0.29, 0.717) is 5.92 Å². The van der Waals surface area contributed by atoms with Crippen LogP contribution in [0.2, 0.25) is 0 Å². The molecule has 2 heteroatoms. The topological polar surface area (TPSA) is 9.23 Å². The van der Waals surface area contributed by atoms with Crippen molar-refractivity contribution in [3.63, 3.8) is 0 Å². The van der Waals surface area contributed by atoms with Gasteiger partial charge >= 0.3 is 0 Å². The Bertz CT molecular complexity index is 538. The zero-order chi connectivity index (χ0) is 13.1. The summed E-state index contributed by atoms with van der Waals surface area (Å²) < 4.78 is 5.76. The van der Waals surface area contributed by atoms with Gasteiger partial charge in [0.15, 0.2) is 0 Å². The standard InChI is InChI=1S/C17H17ClO/c18-17-14(12-13-6-4-5-9-16(13)17)10-11-19-15-7-2-1-3-8-15/h1-9,14,17H,10-12H2. The van der Waals surface area contributed by atoms with Gasteiger partial charge in [0.25, 0.3) is 0 Å². The number of rotatable bonds is 4. The number of benzene rings is 2. The zero-order valence-corrected chi connectivity index (χ0v) is 11.5. The van der Waals surface area contributed by atoms with Crippen LogP contribution in [0.3, 0.4) is 0 Å². The lowest BCUT2D eigenvalue weighted by Crippen LogP contribution is -2.09.